The highest BCUT2D eigenvalue weighted by molar-refractivity contribution is 5.95. The predicted molar refractivity (Wildman–Crippen MR) is 86.8 cm³/mol. The van der Waals surface area contributed by atoms with Crippen LogP contribution in [0.2, 0.25) is 0 Å². The standard InChI is InChI=1S/C17H21N3O2/c1-11-9-14(18)17-15(19-11)6-3-7-16(17)22-10-13-5-4-8-20(13)12(2)21/h3,6-7,9,13H,4-5,8,10H2,1-2H3,(H2,18,19)/t13-/m0/s1. The molecule has 0 unspecified atom stereocenters. The Labute approximate surface area is 130 Å². The molecule has 1 aliphatic heterocycles. The molecule has 1 amide bonds. The first-order valence-electron chi connectivity index (χ1n) is 7.62. The van der Waals surface area contributed by atoms with Crippen LogP contribution in [-0.2, 0) is 4.79 Å². The number of nitrogens with two attached hydrogens (primary N) is 1. The second kappa shape index (κ2) is 5.83. The number of anilines is 1. The van der Waals surface area contributed by atoms with Crippen LogP contribution in [0.25, 0.3) is 10.9 Å². The van der Waals surface area contributed by atoms with E-state index in [1.807, 2.05) is 36.1 Å². The van der Waals surface area contributed by atoms with Gasteiger partial charge in [-0.3, -0.25) is 9.78 Å². The molecule has 1 saturated heterocycles. The third-order valence-corrected chi connectivity index (χ3v) is 4.17. The average molecular weight is 299 g/mol. The number of pyridine rings is 1. The molecular formula is C17H21N3O2. The fraction of sp³-hybridized carbons (Fsp3) is 0.412. The van der Waals surface area contributed by atoms with Gasteiger partial charge in [0.1, 0.15) is 12.4 Å². The second-order valence-corrected chi connectivity index (χ2v) is 5.82. The van der Waals surface area contributed by atoms with E-state index in [2.05, 4.69) is 4.98 Å². The molecule has 0 spiro atoms. The molecule has 0 saturated carbocycles. The number of hydrogen-bond donors (Lipinski definition) is 1. The van der Waals surface area contributed by atoms with E-state index in [1.165, 1.54) is 0 Å². The lowest BCUT2D eigenvalue weighted by Crippen LogP contribution is -2.37. The van der Waals surface area contributed by atoms with Gasteiger partial charge in [0, 0.05) is 24.8 Å². The molecule has 5 nitrogen and oxygen atoms in total. The Morgan fingerprint density at radius 3 is 3.09 bits per heavy atom. The van der Waals surface area contributed by atoms with Crippen LogP contribution in [0.5, 0.6) is 5.75 Å². The van der Waals surface area contributed by atoms with Crippen molar-refractivity contribution in [3.8, 4) is 5.75 Å². The maximum absolute atomic E-state index is 11.6. The molecule has 2 aromatic rings. The Morgan fingerprint density at radius 2 is 2.32 bits per heavy atom. The van der Waals surface area contributed by atoms with Crippen LogP contribution < -0.4 is 10.5 Å². The summed E-state index contributed by atoms with van der Waals surface area (Å²) >= 11 is 0. The summed E-state index contributed by atoms with van der Waals surface area (Å²) in [4.78, 5) is 18.0. The van der Waals surface area contributed by atoms with Crippen molar-refractivity contribution >= 4 is 22.5 Å². The molecule has 1 aliphatic rings. The number of hydrogen-bond acceptors (Lipinski definition) is 4. The third-order valence-electron chi connectivity index (χ3n) is 4.17. The first-order chi connectivity index (χ1) is 10.6. The minimum Gasteiger partial charge on any atom is -0.491 e. The van der Waals surface area contributed by atoms with Crippen molar-refractivity contribution in [1.29, 1.82) is 0 Å². The van der Waals surface area contributed by atoms with Gasteiger partial charge < -0.3 is 15.4 Å². The van der Waals surface area contributed by atoms with Gasteiger partial charge in [-0.1, -0.05) is 6.07 Å². The van der Waals surface area contributed by atoms with E-state index < -0.39 is 0 Å². The molecule has 2 heterocycles. The molecule has 116 valence electrons. The fourth-order valence-corrected chi connectivity index (χ4v) is 3.15. The van der Waals surface area contributed by atoms with Gasteiger partial charge in [-0.05, 0) is 38.0 Å². The number of aromatic nitrogens is 1. The first-order valence-corrected chi connectivity index (χ1v) is 7.62. The monoisotopic (exact) mass is 299 g/mol. The summed E-state index contributed by atoms with van der Waals surface area (Å²) in [6.07, 6.45) is 2.02. The fourth-order valence-electron chi connectivity index (χ4n) is 3.15. The van der Waals surface area contributed by atoms with Crippen LogP contribution in [0.1, 0.15) is 25.5 Å². The summed E-state index contributed by atoms with van der Waals surface area (Å²) in [5.41, 5.74) is 8.53. The summed E-state index contributed by atoms with van der Waals surface area (Å²) in [7, 11) is 0. The van der Waals surface area contributed by atoms with Crippen molar-refractivity contribution in [2.45, 2.75) is 32.7 Å². The van der Waals surface area contributed by atoms with Gasteiger partial charge in [-0.25, -0.2) is 0 Å². The molecule has 2 N–H and O–H groups in total. The van der Waals surface area contributed by atoms with Gasteiger partial charge in [-0.15, -0.1) is 0 Å². The zero-order valence-corrected chi connectivity index (χ0v) is 13.0. The molecule has 22 heavy (non-hydrogen) atoms. The Balaban J connectivity index is 1.84. The smallest absolute Gasteiger partial charge is 0.219 e. The van der Waals surface area contributed by atoms with E-state index in [0.717, 1.165) is 41.7 Å². The quantitative estimate of drug-likeness (QED) is 0.945. The summed E-state index contributed by atoms with van der Waals surface area (Å²) in [5, 5.41) is 0.848. The van der Waals surface area contributed by atoms with Crippen molar-refractivity contribution in [2.24, 2.45) is 0 Å². The number of carbonyl (C=O) groups is 1. The van der Waals surface area contributed by atoms with Crippen molar-refractivity contribution in [3.05, 3.63) is 30.0 Å². The highest BCUT2D eigenvalue weighted by atomic mass is 16.5. The molecule has 0 radical (unpaired) electrons. The largest absolute Gasteiger partial charge is 0.491 e. The number of nitrogens with zero attached hydrogens (tertiary/aromatic N) is 2. The molecule has 5 heteroatoms. The van der Waals surface area contributed by atoms with Gasteiger partial charge in [0.05, 0.1) is 16.9 Å². The summed E-state index contributed by atoms with van der Waals surface area (Å²) in [6.45, 7) is 4.85. The average Bonchev–Trinajstić information content (AvgIpc) is 2.93. The lowest BCUT2D eigenvalue weighted by atomic mass is 10.1. The number of aryl methyl sites for hydroxylation is 1. The van der Waals surface area contributed by atoms with E-state index in [0.29, 0.717) is 12.3 Å². The molecule has 1 fully saturated rings. The van der Waals surface area contributed by atoms with Gasteiger partial charge in [0.25, 0.3) is 0 Å². The van der Waals surface area contributed by atoms with E-state index in [-0.39, 0.29) is 11.9 Å². The number of likely N-dealkylation sites (tertiary alicyclic amines) is 1. The number of benzene rings is 1. The van der Waals surface area contributed by atoms with Gasteiger partial charge in [0.15, 0.2) is 0 Å². The Bertz CT molecular complexity index is 714. The number of rotatable bonds is 3. The lowest BCUT2D eigenvalue weighted by molar-refractivity contribution is -0.130. The van der Waals surface area contributed by atoms with Crippen LogP contribution in [0.3, 0.4) is 0 Å². The maximum Gasteiger partial charge on any atom is 0.219 e. The molecule has 3 rings (SSSR count). The van der Waals surface area contributed by atoms with Crippen LogP contribution in [0, 0.1) is 6.92 Å². The minimum absolute atomic E-state index is 0.112. The van der Waals surface area contributed by atoms with Crippen LogP contribution in [-0.4, -0.2) is 35.0 Å². The van der Waals surface area contributed by atoms with Crippen molar-refractivity contribution < 1.29 is 9.53 Å². The normalized spacial score (nSPS) is 17.9. The molecular weight excluding hydrogens is 278 g/mol. The van der Waals surface area contributed by atoms with Crippen molar-refractivity contribution in [2.75, 3.05) is 18.9 Å². The SMILES string of the molecule is CC(=O)N1CCC[C@H]1COc1cccc2nc(C)cc(N)c12. The van der Waals surface area contributed by atoms with E-state index in [1.54, 1.807) is 6.92 Å². The predicted octanol–water partition coefficient (Wildman–Crippen LogP) is 2.52. The minimum atomic E-state index is 0.112. The zero-order valence-electron chi connectivity index (χ0n) is 13.0. The van der Waals surface area contributed by atoms with Crippen molar-refractivity contribution in [1.82, 2.24) is 9.88 Å². The van der Waals surface area contributed by atoms with Gasteiger partial charge >= 0.3 is 0 Å². The Kier molecular flexibility index (Phi) is 3.88. The highest BCUT2D eigenvalue weighted by Crippen LogP contribution is 2.31. The third kappa shape index (κ3) is 2.71. The molecule has 1 aromatic carbocycles. The molecule has 0 bridgehead atoms. The number of ether oxygens (including phenoxy) is 1. The Morgan fingerprint density at radius 1 is 1.50 bits per heavy atom. The van der Waals surface area contributed by atoms with Gasteiger partial charge in [0.2, 0.25) is 5.91 Å². The first kappa shape index (κ1) is 14.6. The van der Waals surface area contributed by atoms with Crippen LogP contribution >= 0.6 is 0 Å². The van der Waals surface area contributed by atoms with E-state index >= 15 is 0 Å². The maximum atomic E-state index is 11.6. The van der Waals surface area contributed by atoms with E-state index in [9.17, 15) is 4.79 Å². The zero-order chi connectivity index (χ0) is 15.7. The number of carbonyl (C=O) groups excluding carboxylic acids is 1. The topological polar surface area (TPSA) is 68.5 Å². The summed E-state index contributed by atoms with van der Waals surface area (Å²) < 4.78 is 5.99. The summed E-state index contributed by atoms with van der Waals surface area (Å²) in [5.74, 6) is 0.846. The number of nitrogen functional groups attached to an aromatic ring is 1. The van der Waals surface area contributed by atoms with E-state index in [4.69, 9.17) is 10.5 Å². The van der Waals surface area contributed by atoms with Gasteiger partial charge in [-0.2, -0.15) is 0 Å². The highest BCUT2D eigenvalue weighted by Gasteiger charge is 2.27. The Hall–Kier alpha value is -2.30. The number of fused-ring (bicyclic) bond motifs is 1. The molecule has 0 aliphatic carbocycles. The lowest BCUT2D eigenvalue weighted by Gasteiger charge is -2.23. The van der Waals surface area contributed by atoms with Crippen LogP contribution in [0.4, 0.5) is 5.69 Å². The molecule has 1 aromatic heterocycles. The van der Waals surface area contributed by atoms with Crippen molar-refractivity contribution in [3.63, 3.8) is 0 Å². The second-order valence-electron chi connectivity index (χ2n) is 5.82. The summed E-state index contributed by atoms with van der Waals surface area (Å²) in [6, 6.07) is 7.76. The van der Waals surface area contributed by atoms with Crippen LogP contribution in [0.15, 0.2) is 24.3 Å². The molecule has 1 atom stereocenters. The number of amides is 1.